The van der Waals surface area contributed by atoms with Crippen molar-refractivity contribution in [3.63, 3.8) is 0 Å². The zero-order valence-electron chi connectivity index (χ0n) is 86.8. The first-order chi connectivity index (χ1) is 70.1. The molecule has 38 heteroatoms. The lowest BCUT2D eigenvalue weighted by molar-refractivity contribution is 0.247. The minimum atomic E-state index is -3.26. The topological polar surface area (TPSA) is 453 Å². The second kappa shape index (κ2) is 85.1. The minimum absolute atomic E-state index is 0.167. The molecule has 32 nitrogen and oxygen atoms in total. The Bertz CT molecular complexity index is 5500. The van der Waals surface area contributed by atoms with Gasteiger partial charge in [-0.05, 0) is 159 Å². The van der Waals surface area contributed by atoms with E-state index in [1.54, 1.807) is 264 Å². The first-order valence-corrected chi connectivity index (χ1v) is 54.8. The van der Waals surface area contributed by atoms with Crippen LogP contribution in [0.3, 0.4) is 0 Å². The van der Waals surface area contributed by atoms with Crippen LogP contribution in [0.5, 0.6) is 34.5 Å². The monoisotopic (exact) mass is 2130 g/mol. The van der Waals surface area contributed by atoms with Crippen LogP contribution in [0.4, 0.5) is 0 Å². The molecule has 12 aromatic rings. The number of nitrogens with two attached hydrogens (primary N) is 2. The molecule has 8 N–H and O–H groups in total. The fraction of sp³-hybridized carbons (Fsp3) is 0.284. The van der Waals surface area contributed by atoms with Crippen LogP contribution >= 0.6 is 0 Å². The highest BCUT2D eigenvalue weighted by Crippen LogP contribution is 2.20. The number of nitrogens with one attached hydrogen (secondary N) is 4. The third-order valence-corrected chi connectivity index (χ3v) is 28.2. The van der Waals surface area contributed by atoms with Crippen LogP contribution in [0.1, 0.15) is 88.5 Å². The fourth-order valence-electron chi connectivity index (χ4n) is 9.93. The van der Waals surface area contributed by atoms with Gasteiger partial charge in [-0.25, -0.2) is 90.3 Å². The van der Waals surface area contributed by atoms with E-state index < -0.39 is 60.1 Å². The molecule has 0 spiro atoms. The summed E-state index contributed by atoms with van der Waals surface area (Å²) in [6, 6.07) is 113. The lowest BCUT2D eigenvalue weighted by Crippen LogP contribution is -2.26. The predicted molar refractivity (Wildman–Crippen MR) is 591 cm³/mol. The van der Waals surface area contributed by atoms with Crippen LogP contribution < -0.4 is 49.3 Å². The molecule has 796 valence electrons. The van der Waals surface area contributed by atoms with Crippen LogP contribution in [-0.2, 0) is 60.1 Å². The molecule has 0 unspecified atom stereocenters. The lowest BCUT2D eigenvalue weighted by Gasteiger charge is -2.14. The average Bonchev–Trinajstić information content (AvgIpc) is 0.832. The average molecular weight is 2130 g/mol. The Kier molecular flexibility index (Phi) is 79.2. The third kappa shape index (κ3) is 67.2. The Balaban J connectivity index is -0.00000155. The number of rotatable bonds is 36. The molecule has 0 radical (unpaired) electrons. The molecule has 0 bridgehead atoms. The smallest absolute Gasteiger partial charge is 0.242 e. The van der Waals surface area contributed by atoms with Crippen molar-refractivity contribution in [2.24, 2.45) is 11.5 Å². The van der Waals surface area contributed by atoms with E-state index in [-0.39, 0.29) is 11.7 Å². The van der Waals surface area contributed by atoms with E-state index >= 15 is 0 Å². The van der Waals surface area contributed by atoms with E-state index in [2.05, 4.69) is 19.1 Å². The number of hydrogen-bond donors (Lipinski definition) is 6. The van der Waals surface area contributed by atoms with Gasteiger partial charge in [0.05, 0.1) is 92.8 Å². The largest absolute Gasteiger partial charge is 0.493 e. The molecule has 147 heavy (non-hydrogen) atoms. The number of benzene rings is 12. The summed E-state index contributed by atoms with van der Waals surface area (Å²) in [5, 5.41) is 27.2. The molecule has 0 fully saturated rings. The number of nitrogens with zero attached hydrogens (tertiary/aromatic N) is 8. The maximum Gasteiger partial charge on any atom is 0.242 e. The quantitative estimate of drug-likeness (QED) is 0.00919. The van der Waals surface area contributed by atoms with E-state index in [9.17, 15) is 50.5 Å². The zero-order valence-corrected chi connectivity index (χ0v) is 91.7. The first-order valence-electron chi connectivity index (χ1n) is 46.1. The Hall–Kier alpha value is -14.2. The SMILES string of the molecule is CC#N.CC#N.CC(=N)N.CC(=N)N.CCN(C)S(=O)(=O)c1ccccc1.CCN(C)S(=O)(=O)c1ccccc1.CCN(C)S(=O)(=O)c1ccccc1.CCN(C)S(=O)(=O)c1ccccc1.CCNS(=O)(=O)c1ccccc1.CCNS(=O)(=O)c1ccccc1.[C-]#[N+]C.[C-]#[N+]C.c1ccc(OCCCOc2ccccc2)cc1.c1ccc(OCCCOc2ccccc2)cc1.c1ccc(OCCCOc2ccccc2)cc1. The summed E-state index contributed by atoms with van der Waals surface area (Å²) in [5.74, 6) is 5.79. The molecular formula is C109H146N14O18S6. The zero-order chi connectivity index (χ0) is 111. The maximum absolute atomic E-state index is 11.7. The van der Waals surface area contributed by atoms with Crippen LogP contribution in [0.25, 0.3) is 9.69 Å². The summed E-state index contributed by atoms with van der Waals surface area (Å²) in [6.07, 6.45) is 2.64. The highest BCUT2D eigenvalue weighted by atomic mass is 32.2. The van der Waals surface area contributed by atoms with Crippen molar-refractivity contribution in [3.05, 3.63) is 387 Å². The van der Waals surface area contributed by atoms with Crippen LogP contribution in [-0.4, -0.2) is 201 Å². The Morgan fingerprint density at radius 1 is 0.286 bits per heavy atom. The summed E-state index contributed by atoms with van der Waals surface area (Å²) in [4.78, 5) is 7.51. The molecule has 0 heterocycles. The molecule has 12 rings (SSSR count). The number of sulfonamides is 6. The number of para-hydroxylation sites is 6. The van der Waals surface area contributed by atoms with Gasteiger partial charge in [0.1, 0.15) is 34.5 Å². The number of ether oxygens (including phenoxy) is 6. The van der Waals surface area contributed by atoms with Crippen LogP contribution in [0, 0.1) is 46.6 Å². The van der Waals surface area contributed by atoms with Crippen molar-refractivity contribution in [1.82, 2.24) is 26.7 Å². The summed E-state index contributed by atoms with van der Waals surface area (Å²) < 4.78 is 182. The van der Waals surface area contributed by atoms with Crippen LogP contribution in [0.2, 0.25) is 0 Å². The standard InChI is InChI=1S/3C15H16O2.4C9H13NO2S.2C8H11NO2S.2C2H6N2.4C2H3N/c3*1-3-8-14(9-4-1)16-12-7-13-17-15-10-5-2-6-11-15;4*1-3-10(2)13(11,12)9-7-5-4-6-8-9;2*1-2-9-12(10,11)8-6-4-3-5-7-8;2*1-2(3)4;2*1-3-2;2*1-2-3/h3*1-6,8-11H,7,12-13H2;4*4-8H,3H2,1-2H3;2*3-7,9H,2H2,1H3;2*1H3,(H3,3,4);4*1H3. The van der Waals surface area contributed by atoms with Crippen molar-refractivity contribution in [2.45, 2.75) is 118 Å². The highest BCUT2D eigenvalue weighted by molar-refractivity contribution is 7.90. The van der Waals surface area contributed by atoms with Gasteiger partial charge in [0, 0.05) is 101 Å². The fourth-order valence-corrected chi connectivity index (χ4v) is 16.9. The maximum atomic E-state index is 11.7. The normalized spacial score (nSPS) is 10.1. The van der Waals surface area contributed by atoms with Gasteiger partial charge in [-0.15, -0.1) is 0 Å². The van der Waals surface area contributed by atoms with Crippen molar-refractivity contribution in [3.8, 4) is 46.6 Å². The van der Waals surface area contributed by atoms with Gasteiger partial charge in [-0.3, -0.25) is 10.8 Å². The highest BCUT2D eigenvalue weighted by Gasteiger charge is 2.22. The van der Waals surface area contributed by atoms with E-state index in [0.717, 1.165) is 53.8 Å². The van der Waals surface area contributed by atoms with E-state index in [4.69, 9.17) is 74.4 Å². The molecule has 0 aliphatic carbocycles. The second-order valence-corrected chi connectivity index (χ2v) is 40.6. The van der Waals surface area contributed by atoms with Gasteiger partial charge in [0.2, 0.25) is 74.2 Å². The van der Waals surface area contributed by atoms with Gasteiger partial charge in [-0.2, -0.15) is 10.5 Å². The van der Waals surface area contributed by atoms with Gasteiger partial charge in [-0.1, -0.05) is 260 Å². The van der Waals surface area contributed by atoms with Gasteiger partial charge in [0.25, 0.3) is 0 Å². The molecule has 0 amide bonds. The molecule has 0 atom stereocenters. The lowest BCUT2D eigenvalue weighted by atomic mass is 10.3. The molecule has 0 saturated heterocycles. The minimum Gasteiger partial charge on any atom is -0.493 e. The number of hydrogen-bond acceptors (Lipinski definition) is 22. The van der Waals surface area contributed by atoms with E-state index in [1.807, 2.05) is 182 Å². The summed E-state index contributed by atoms with van der Waals surface area (Å²) in [5.41, 5.74) is 9.39. The van der Waals surface area contributed by atoms with Crippen LogP contribution in [0.15, 0.2) is 393 Å². The molecule has 0 aliphatic heterocycles. The molecule has 0 saturated carbocycles. The van der Waals surface area contributed by atoms with Crippen molar-refractivity contribution < 1.29 is 78.9 Å². The molecule has 0 aromatic heterocycles. The number of amidine groups is 2. The van der Waals surface area contributed by atoms with Crippen molar-refractivity contribution >= 4 is 71.8 Å². The first kappa shape index (κ1) is 137. The Morgan fingerprint density at radius 2 is 0.395 bits per heavy atom. The van der Waals surface area contributed by atoms with Crippen molar-refractivity contribution in [1.29, 1.82) is 21.3 Å². The Labute approximate surface area is 876 Å². The summed E-state index contributed by atoms with van der Waals surface area (Å²) in [7, 11) is -10.4. The van der Waals surface area contributed by atoms with Gasteiger partial charge < -0.3 is 49.6 Å². The molecule has 0 aliphatic rings. The molecule has 12 aromatic carbocycles. The van der Waals surface area contributed by atoms with E-state index in [1.165, 1.54) is 59.0 Å². The van der Waals surface area contributed by atoms with E-state index in [0.29, 0.717) is 108 Å². The molecular weight excluding hydrogens is 1990 g/mol. The third-order valence-electron chi connectivity index (χ3n) is 17.3. The summed E-state index contributed by atoms with van der Waals surface area (Å²) in [6.45, 7) is 35.1. The predicted octanol–water partition coefficient (Wildman–Crippen LogP) is 19.9. The van der Waals surface area contributed by atoms with Gasteiger partial charge >= 0.3 is 0 Å². The summed E-state index contributed by atoms with van der Waals surface area (Å²) >= 11 is 0. The van der Waals surface area contributed by atoms with Crippen molar-refractivity contribution in [2.75, 3.05) is 121 Å². The Morgan fingerprint density at radius 3 is 0.503 bits per heavy atom. The number of nitriles is 2. The second-order valence-electron chi connectivity index (χ2n) is 28.8. The van der Waals surface area contributed by atoms with Gasteiger partial charge in [0.15, 0.2) is 0 Å².